The minimum absolute atomic E-state index is 0.0331. The van der Waals surface area contributed by atoms with Gasteiger partial charge in [0.15, 0.2) is 0 Å². The van der Waals surface area contributed by atoms with Crippen molar-refractivity contribution in [3.05, 3.63) is 282 Å². The fourth-order valence-electron chi connectivity index (χ4n) is 12.1. The summed E-state index contributed by atoms with van der Waals surface area (Å²) in [5.41, 5.74) is 20.2. The molecule has 1 aliphatic rings. The Hall–Kier alpha value is -8.67. The Morgan fingerprint density at radius 2 is 0.889 bits per heavy atom. The van der Waals surface area contributed by atoms with Crippen LogP contribution in [0.1, 0.15) is 103 Å². The van der Waals surface area contributed by atoms with Crippen molar-refractivity contribution in [2.75, 3.05) is 16.5 Å². The molecule has 0 aliphatic carbocycles. The van der Waals surface area contributed by atoms with Crippen LogP contribution in [-0.4, -0.2) is 22.9 Å². The van der Waals surface area contributed by atoms with E-state index in [0.717, 1.165) is 22.5 Å². The van der Waals surface area contributed by atoms with E-state index in [4.69, 9.17) is 4.98 Å². The first kappa shape index (κ1) is 53.0. The summed E-state index contributed by atoms with van der Waals surface area (Å²) >= 11 is 0. The van der Waals surface area contributed by atoms with E-state index in [-0.39, 0.29) is 28.4 Å². The van der Waals surface area contributed by atoms with Crippen molar-refractivity contribution in [1.29, 1.82) is 0 Å². The molecule has 4 nitrogen and oxygen atoms in total. The predicted molar refractivity (Wildman–Crippen MR) is 347 cm³/mol. The van der Waals surface area contributed by atoms with Crippen molar-refractivity contribution in [3.8, 4) is 28.1 Å². The largest absolute Gasteiger partial charge is 0.328 e. The van der Waals surface area contributed by atoms with Crippen LogP contribution >= 0.6 is 0 Å². The lowest BCUT2D eigenvalue weighted by molar-refractivity contribution is 0.588. The van der Waals surface area contributed by atoms with Crippen LogP contribution in [0.4, 0.5) is 11.4 Å². The van der Waals surface area contributed by atoms with Gasteiger partial charge in [-0.2, -0.15) is 0 Å². The quantitative estimate of drug-likeness (QED) is 0.114. The van der Waals surface area contributed by atoms with Gasteiger partial charge in [0.05, 0.1) is 17.7 Å². The van der Waals surface area contributed by atoms with Crippen molar-refractivity contribution in [1.82, 2.24) is 9.55 Å². The first-order valence-electron chi connectivity index (χ1n) is 28.8. The van der Waals surface area contributed by atoms with Crippen LogP contribution in [0.25, 0.3) is 49.9 Å². The molecule has 3 heterocycles. The molecule has 0 saturated carbocycles. The fourth-order valence-corrected chi connectivity index (χ4v) is 12.1. The van der Waals surface area contributed by atoms with E-state index in [1.807, 2.05) is 6.20 Å². The molecule has 0 saturated heterocycles. The van der Waals surface area contributed by atoms with Crippen LogP contribution in [0.3, 0.4) is 0 Å². The minimum Gasteiger partial charge on any atom is -0.328 e. The molecule has 11 aromatic rings. The average molecular weight is 1050 g/mol. The van der Waals surface area contributed by atoms with Crippen LogP contribution in [-0.2, 0) is 21.7 Å². The predicted octanol–water partition coefficient (Wildman–Crippen LogP) is 17.0. The van der Waals surface area contributed by atoms with Crippen molar-refractivity contribution in [2.24, 2.45) is 0 Å². The molecule has 0 amide bonds. The minimum atomic E-state index is -0.240. The van der Waals surface area contributed by atoms with Crippen molar-refractivity contribution < 1.29 is 0 Å². The molecule has 0 radical (unpaired) electrons. The molecule has 0 unspecified atom stereocenters. The van der Waals surface area contributed by atoms with Crippen LogP contribution in [0.15, 0.2) is 249 Å². The molecule has 9 aromatic carbocycles. The lowest BCUT2D eigenvalue weighted by Gasteiger charge is -2.33. The lowest BCUT2D eigenvalue weighted by atomic mass is 9.36. The van der Waals surface area contributed by atoms with Gasteiger partial charge in [-0.1, -0.05) is 262 Å². The summed E-state index contributed by atoms with van der Waals surface area (Å²) in [6.45, 7) is 23.7. The Balaban J connectivity index is 1.01. The summed E-state index contributed by atoms with van der Waals surface area (Å²) in [7, 11) is 0. The zero-order valence-corrected chi connectivity index (χ0v) is 48.7. The van der Waals surface area contributed by atoms with Gasteiger partial charge in [0.2, 0.25) is 6.71 Å². The fraction of sp³-hybridized carbons (Fsp3) is 0.197. The average Bonchev–Trinajstić information content (AvgIpc) is 4.32. The second-order valence-electron chi connectivity index (χ2n) is 25.5. The maximum absolute atomic E-state index is 5.13. The van der Waals surface area contributed by atoms with E-state index in [1.54, 1.807) is 0 Å². The third-order valence-electron chi connectivity index (χ3n) is 17.3. The van der Waals surface area contributed by atoms with Gasteiger partial charge in [0.25, 0.3) is 0 Å². The molecule has 400 valence electrons. The number of benzene rings is 9. The monoisotopic (exact) mass is 1050 g/mol. The first-order chi connectivity index (χ1) is 38.9. The van der Waals surface area contributed by atoms with Crippen LogP contribution in [0, 0.1) is 0 Å². The molecule has 0 fully saturated rings. The van der Waals surface area contributed by atoms with E-state index in [0.29, 0.717) is 6.67 Å². The Morgan fingerprint density at radius 1 is 0.346 bits per heavy atom. The van der Waals surface area contributed by atoms with Gasteiger partial charge in [-0.15, -0.1) is 0 Å². The maximum atomic E-state index is 5.13. The van der Waals surface area contributed by atoms with E-state index in [2.05, 4.69) is 327 Å². The Labute approximate surface area is 481 Å². The first-order valence-corrected chi connectivity index (χ1v) is 28.8. The Bertz CT molecular complexity index is 4020. The standard InChI is InChI=1S/C76H73BN4/c1-73(2,3)57-34-31-54(32-35-57)56-43-65(50-66(44-56)79-41-42-80(52-79)67-47-61(75(7,8)58-25-17-12-18-26-58)46-62(48-67)76(9,10)59-27-19-13-20-28-59)77(63-29-21-14-22-30-63)64-36-37-68-69-45-55(53-23-15-11-16-24-53)33-38-70(69)81(71(68)51-64)72-49-60(39-40-78-72)74(4,5)6/h11-51H,52H2,1-10H3. The molecule has 1 aliphatic heterocycles. The number of pyridine rings is 1. The van der Waals surface area contributed by atoms with Gasteiger partial charge in [0.1, 0.15) is 5.82 Å². The van der Waals surface area contributed by atoms with Crippen LogP contribution in [0.2, 0.25) is 0 Å². The number of fused-ring (bicyclic) bond motifs is 3. The van der Waals surface area contributed by atoms with Crippen molar-refractivity contribution in [3.63, 3.8) is 0 Å². The SMILES string of the molecule is CC(C)(C)c1ccc(-c2cc(B(c3ccccc3)c3ccc4c5cc(-c6ccccc6)ccc5n(-c5cc(C(C)(C)C)ccn5)c4c3)cc(N3C=CN(c4cc(C(C)(C)c5ccccc5)cc(C(C)(C)c5ccccc5)c4)C3)c2)cc1. The summed E-state index contributed by atoms with van der Waals surface area (Å²) in [5, 5.41) is 2.40. The topological polar surface area (TPSA) is 24.3 Å². The Morgan fingerprint density at radius 3 is 1.48 bits per heavy atom. The lowest BCUT2D eigenvalue weighted by Crippen LogP contribution is -2.52. The highest BCUT2D eigenvalue weighted by atomic mass is 15.3. The third kappa shape index (κ3) is 10.3. The normalized spacial score (nSPS) is 13.2. The second-order valence-corrected chi connectivity index (χ2v) is 25.5. The zero-order chi connectivity index (χ0) is 56.3. The highest BCUT2D eigenvalue weighted by molar-refractivity contribution is 6.95. The molecular weight excluding hydrogens is 980 g/mol. The summed E-state index contributed by atoms with van der Waals surface area (Å²) in [6.07, 6.45) is 6.52. The van der Waals surface area contributed by atoms with E-state index >= 15 is 0 Å². The van der Waals surface area contributed by atoms with Gasteiger partial charge in [-0.25, -0.2) is 4.98 Å². The molecule has 0 bridgehead atoms. The van der Waals surface area contributed by atoms with Gasteiger partial charge in [-0.05, 0) is 121 Å². The maximum Gasteiger partial charge on any atom is 0.241 e. The zero-order valence-electron chi connectivity index (χ0n) is 48.7. The van der Waals surface area contributed by atoms with E-state index < -0.39 is 0 Å². The third-order valence-corrected chi connectivity index (χ3v) is 17.3. The van der Waals surface area contributed by atoms with Crippen LogP contribution < -0.4 is 26.2 Å². The van der Waals surface area contributed by atoms with Gasteiger partial charge in [-0.3, -0.25) is 4.57 Å². The highest BCUT2D eigenvalue weighted by Gasteiger charge is 2.32. The van der Waals surface area contributed by atoms with Gasteiger partial charge in [0, 0.05) is 51.6 Å². The number of hydrogen-bond donors (Lipinski definition) is 0. The summed E-state index contributed by atoms with van der Waals surface area (Å²) < 4.78 is 2.39. The Kier molecular flexibility index (Phi) is 13.6. The molecule has 0 atom stereocenters. The van der Waals surface area contributed by atoms with Crippen molar-refractivity contribution >= 4 is 56.3 Å². The molecule has 5 heteroatoms. The second kappa shape index (κ2) is 20.8. The number of hydrogen-bond acceptors (Lipinski definition) is 3. The summed E-state index contributed by atoms with van der Waals surface area (Å²) in [5.74, 6) is 0.918. The summed E-state index contributed by atoms with van der Waals surface area (Å²) in [6, 6.07) is 86.1. The number of rotatable bonds is 12. The number of anilines is 2. The van der Waals surface area contributed by atoms with Crippen molar-refractivity contribution in [2.45, 2.75) is 90.9 Å². The van der Waals surface area contributed by atoms with Gasteiger partial charge >= 0.3 is 0 Å². The van der Waals surface area contributed by atoms with Gasteiger partial charge < -0.3 is 9.80 Å². The number of aromatic nitrogens is 2. The molecular formula is C76H73BN4. The molecule has 81 heavy (non-hydrogen) atoms. The van der Waals surface area contributed by atoms with Crippen LogP contribution in [0.5, 0.6) is 0 Å². The molecule has 2 aromatic heterocycles. The molecule has 0 spiro atoms. The number of nitrogens with zero attached hydrogens (tertiary/aromatic N) is 4. The molecule has 0 N–H and O–H groups in total. The molecule has 12 rings (SSSR count). The smallest absolute Gasteiger partial charge is 0.241 e. The van der Waals surface area contributed by atoms with E-state index in [1.165, 1.54) is 88.5 Å². The highest BCUT2D eigenvalue weighted by Crippen LogP contribution is 2.42. The summed E-state index contributed by atoms with van der Waals surface area (Å²) in [4.78, 5) is 9.97. The van der Waals surface area contributed by atoms with E-state index in [9.17, 15) is 0 Å².